The number of hydrogen-bond acceptors (Lipinski definition) is 3. The molecule has 0 radical (unpaired) electrons. The monoisotopic (exact) mass is 426 g/mol. The third-order valence-electron chi connectivity index (χ3n) is 4.57. The molecule has 1 N–H and O–H groups in total. The Bertz CT molecular complexity index is 946. The number of rotatable bonds is 4. The molecule has 0 aromatic heterocycles. The van der Waals surface area contributed by atoms with Gasteiger partial charge < -0.3 is 5.32 Å². The second kappa shape index (κ2) is 8.19. The van der Waals surface area contributed by atoms with E-state index in [4.69, 9.17) is 23.2 Å². The summed E-state index contributed by atoms with van der Waals surface area (Å²) in [5.74, 6) is -0.394. The van der Waals surface area contributed by atoms with E-state index in [0.29, 0.717) is 28.7 Å². The predicted octanol–water partition coefficient (Wildman–Crippen LogP) is 4.48. The average Bonchev–Trinajstić information content (AvgIpc) is 2.64. The molecule has 2 aromatic carbocycles. The Kier molecular flexibility index (Phi) is 6.11. The van der Waals surface area contributed by atoms with Gasteiger partial charge in [0.25, 0.3) is 0 Å². The lowest BCUT2D eigenvalue weighted by atomic mass is 10.0. The van der Waals surface area contributed by atoms with Crippen LogP contribution in [0.15, 0.2) is 47.4 Å². The molecule has 0 aliphatic carbocycles. The molecular formula is C19H20Cl2N2O3S. The van der Waals surface area contributed by atoms with Crippen LogP contribution >= 0.6 is 23.2 Å². The summed E-state index contributed by atoms with van der Waals surface area (Å²) in [5.41, 5.74) is 1.38. The van der Waals surface area contributed by atoms with Crippen molar-refractivity contribution in [2.75, 3.05) is 11.9 Å². The van der Waals surface area contributed by atoms with E-state index in [2.05, 4.69) is 5.32 Å². The van der Waals surface area contributed by atoms with Gasteiger partial charge in [-0.3, -0.25) is 4.79 Å². The number of piperidine rings is 1. The largest absolute Gasteiger partial charge is 0.323 e. The summed E-state index contributed by atoms with van der Waals surface area (Å²) in [5, 5.41) is 3.50. The summed E-state index contributed by atoms with van der Waals surface area (Å²) in [4.78, 5) is 13.0. The van der Waals surface area contributed by atoms with Gasteiger partial charge in [-0.05, 0) is 50.1 Å². The fraction of sp³-hybridized carbons (Fsp3) is 0.316. The van der Waals surface area contributed by atoms with Gasteiger partial charge in [-0.25, -0.2) is 8.42 Å². The highest BCUT2D eigenvalue weighted by Gasteiger charge is 2.37. The zero-order valence-electron chi connectivity index (χ0n) is 14.8. The summed E-state index contributed by atoms with van der Waals surface area (Å²) < 4.78 is 27.5. The van der Waals surface area contributed by atoms with Crippen LogP contribution in [0.4, 0.5) is 5.69 Å². The summed E-state index contributed by atoms with van der Waals surface area (Å²) in [7, 11) is -3.76. The molecule has 1 aliphatic heterocycles. The van der Waals surface area contributed by atoms with Crippen molar-refractivity contribution in [2.24, 2.45) is 0 Å². The fourth-order valence-corrected chi connectivity index (χ4v) is 5.22. The van der Waals surface area contributed by atoms with Gasteiger partial charge in [0.15, 0.2) is 0 Å². The first-order valence-corrected chi connectivity index (χ1v) is 10.8. The number of sulfonamides is 1. The van der Waals surface area contributed by atoms with Crippen molar-refractivity contribution >= 4 is 44.8 Å². The van der Waals surface area contributed by atoms with Gasteiger partial charge in [0.1, 0.15) is 6.04 Å². The number of benzene rings is 2. The molecule has 1 aliphatic rings. The molecule has 1 atom stereocenters. The lowest BCUT2D eigenvalue weighted by Gasteiger charge is -2.33. The van der Waals surface area contributed by atoms with Crippen molar-refractivity contribution in [1.82, 2.24) is 4.31 Å². The molecule has 27 heavy (non-hydrogen) atoms. The Morgan fingerprint density at radius 1 is 1.11 bits per heavy atom. The molecule has 8 heteroatoms. The minimum absolute atomic E-state index is 0.192. The lowest BCUT2D eigenvalue weighted by Crippen LogP contribution is -2.49. The quantitative estimate of drug-likeness (QED) is 0.782. The standard InChI is InChI=1S/C19H20Cl2N2O3S/c1-13-5-8-15(9-6-13)27(25,26)23-11-3-2-4-18(23)19(24)22-17-10-7-14(20)12-16(17)21/h5-10,12,18H,2-4,11H2,1H3,(H,22,24). The van der Waals surface area contributed by atoms with Crippen molar-refractivity contribution in [3.63, 3.8) is 0 Å². The van der Waals surface area contributed by atoms with Crippen LogP contribution in [0.25, 0.3) is 0 Å². The molecule has 3 rings (SSSR count). The van der Waals surface area contributed by atoms with Crippen LogP contribution in [0.5, 0.6) is 0 Å². The lowest BCUT2D eigenvalue weighted by molar-refractivity contribution is -0.120. The second-order valence-electron chi connectivity index (χ2n) is 6.55. The normalized spacial score (nSPS) is 18.3. The Hall–Kier alpha value is -1.60. The number of carbonyl (C=O) groups is 1. The van der Waals surface area contributed by atoms with Crippen LogP contribution < -0.4 is 5.32 Å². The molecule has 0 saturated carbocycles. The maximum absolute atomic E-state index is 13.1. The number of nitrogens with one attached hydrogen (secondary N) is 1. The smallest absolute Gasteiger partial charge is 0.243 e. The SMILES string of the molecule is Cc1ccc(S(=O)(=O)N2CCCCC2C(=O)Nc2ccc(Cl)cc2Cl)cc1. The number of anilines is 1. The number of amides is 1. The minimum atomic E-state index is -3.76. The minimum Gasteiger partial charge on any atom is -0.323 e. The van der Waals surface area contributed by atoms with E-state index in [1.54, 1.807) is 36.4 Å². The van der Waals surface area contributed by atoms with E-state index < -0.39 is 22.0 Å². The van der Waals surface area contributed by atoms with Gasteiger partial charge in [0.05, 0.1) is 15.6 Å². The first-order chi connectivity index (χ1) is 12.8. The van der Waals surface area contributed by atoms with Gasteiger partial charge >= 0.3 is 0 Å². The Labute approximate surface area is 169 Å². The van der Waals surface area contributed by atoms with Crippen molar-refractivity contribution in [3.05, 3.63) is 58.1 Å². The third kappa shape index (κ3) is 4.46. The van der Waals surface area contributed by atoms with E-state index in [0.717, 1.165) is 18.4 Å². The maximum atomic E-state index is 13.1. The Morgan fingerprint density at radius 3 is 2.48 bits per heavy atom. The summed E-state index contributed by atoms with van der Waals surface area (Å²) in [6.45, 7) is 2.20. The van der Waals surface area contributed by atoms with Crippen molar-refractivity contribution in [1.29, 1.82) is 0 Å². The molecule has 5 nitrogen and oxygen atoms in total. The molecule has 0 spiro atoms. The van der Waals surface area contributed by atoms with Crippen LogP contribution in [-0.4, -0.2) is 31.2 Å². The van der Waals surface area contributed by atoms with E-state index in [1.807, 2.05) is 6.92 Å². The predicted molar refractivity (Wildman–Crippen MR) is 108 cm³/mol. The average molecular weight is 427 g/mol. The van der Waals surface area contributed by atoms with Gasteiger partial charge in [-0.15, -0.1) is 0 Å². The summed E-state index contributed by atoms with van der Waals surface area (Å²) in [6, 6.07) is 10.6. The molecule has 0 bridgehead atoms. The number of carbonyl (C=O) groups excluding carboxylic acids is 1. The second-order valence-corrected chi connectivity index (χ2v) is 9.29. The highest BCUT2D eigenvalue weighted by atomic mass is 35.5. The number of hydrogen-bond donors (Lipinski definition) is 1. The van der Waals surface area contributed by atoms with Gasteiger partial charge in [-0.1, -0.05) is 47.3 Å². The zero-order valence-corrected chi connectivity index (χ0v) is 17.1. The van der Waals surface area contributed by atoms with Crippen LogP contribution in [0.2, 0.25) is 10.0 Å². The van der Waals surface area contributed by atoms with Crippen LogP contribution in [0, 0.1) is 6.92 Å². The van der Waals surface area contributed by atoms with Gasteiger partial charge in [0, 0.05) is 11.6 Å². The van der Waals surface area contributed by atoms with Gasteiger partial charge in [0.2, 0.25) is 15.9 Å². The number of nitrogens with zero attached hydrogens (tertiary/aromatic N) is 1. The van der Waals surface area contributed by atoms with Crippen LogP contribution in [0.3, 0.4) is 0 Å². The Balaban J connectivity index is 1.86. The summed E-state index contributed by atoms with van der Waals surface area (Å²) in [6.07, 6.45) is 1.96. The number of halogens is 2. The number of aryl methyl sites for hydroxylation is 1. The van der Waals surface area contributed by atoms with E-state index in [-0.39, 0.29) is 4.90 Å². The van der Waals surface area contributed by atoms with Crippen molar-refractivity contribution in [2.45, 2.75) is 37.1 Å². The fourth-order valence-electron chi connectivity index (χ4n) is 3.11. The summed E-state index contributed by atoms with van der Waals surface area (Å²) >= 11 is 12.0. The molecule has 144 valence electrons. The molecular weight excluding hydrogens is 407 g/mol. The first-order valence-electron chi connectivity index (χ1n) is 8.63. The first kappa shape index (κ1) is 20.1. The zero-order chi connectivity index (χ0) is 19.6. The molecule has 2 aromatic rings. The maximum Gasteiger partial charge on any atom is 0.243 e. The van der Waals surface area contributed by atoms with Crippen LogP contribution in [0.1, 0.15) is 24.8 Å². The molecule has 1 unspecified atom stereocenters. The topological polar surface area (TPSA) is 66.5 Å². The highest BCUT2D eigenvalue weighted by Crippen LogP contribution is 2.29. The third-order valence-corrected chi connectivity index (χ3v) is 7.04. The highest BCUT2D eigenvalue weighted by molar-refractivity contribution is 7.89. The van der Waals surface area contributed by atoms with Crippen LogP contribution in [-0.2, 0) is 14.8 Å². The molecule has 1 heterocycles. The van der Waals surface area contributed by atoms with E-state index in [1.165, 1.54) is 10.4 Å². The van der Waals surface area contributed by atoms with E-state index >= 15 is 0 Å². The molecule has 1 fully saturated rings. The van der Waals surface area contributed by atoms with Crippen molar-refractivity contribution < 1.29 is 13.2 Å². The Morgan fingerprint density at radius 2 is 1.81 bits per heavy atom. The van der Waals surface area contributed by atoms with Crippen molar-refractivity contribution in [3.8, 4) is 0 Å². The van der Waals surface area contributed by atoms with Gasteiger partial charge in [-0.2, -0.15) is 4.31 Å². The van der Waals surface area contributed by atoms with E-state index in [9.17, 15) is 13.2 Å². The molecule has 1 saturated heterocycles. The molecule has 1 amide bonds.